The number of carboxylic acid groups (broad SMARTS) is 1. The van der Waals surface area contributed by atoms with E-state index in [2.05, 4.69) is 0 Å². The van der Waals surface area contributed by atoms with Crippen molar-refractivity contribution in [1.82, 2.24) is 9.88 Å². The largest absolute Gasteiger partial charge is 0.480 e. The molecule has 114 valence electrons. The highest BCUT2D eigenvalue weighted by Crippen LogP contribution is 2.27. The molecule has 0 aliphatic carbocycles. The SMILES string of the molecule is O=C(O)[C@@H]1CSCN1C(=O)c1ccc(C(F)(F)F)[nH]c1=O. The number of rotatable bonds is 2. The fourth-order valence-electron chi connectivity index (χ4n) is 1.81. The van der Waals surface area contributed by atoms with Gasteiger partial charge in [-0.15, -0.1) is 11.8 Å². The van der Waals surface area contributed by atoms with Crippen molar-refractivity contribution in [3.05, 3.63) is 33.7 Å². The summed E-state index contributed by atoms with van der Waals surface area (Å²) in [4.78, 5) is 37.2. The fourth-order valence-corrected chi connectivity index (χ4v) is 2.95. The number of nitrogens with zero attached hydrogens (tertiary/aromatic N) is 1. The highest BCUT2D eigenvalue weighted by Gasteiger charge is 2.37. The molecule has 1 fully saturated rings. The zero-order valence-electron chi connectivity index (χ0n) is 10.3. The molecule has 0 spiro atoms. The maximum absolute atomic E-state index is 12.4. The first-order valence-corrected chi connectivity index (χ1v) is 6.79. The molecule has 0 bridgehead atoms. The van der Waals surface area contributed by atoms with E-state index in [-0.39, 0.29) is 11.6 Å². The van der Waals surface area contributed by atoms with Crippen molar-refractivity contribution in [2.24, 2.45) is 0 Å². The van der Waals surface area contributed by atoms with E-state index in [1.807, 2.05) is 0 Å². The quantitative estimate of drug-likeness (QED) is 0.847. The topological polar surface area (TPSA) is 90.5 Å². The van der Waals surface area contributed by atoms with Crippen molar-refractivity contribution in [1.29, 1.82) is 0 Å². The summed E-state index contributed by atoms with van der Waals surface area (Å²) in [6.45, 7) is 0. The lowest BCUT2D eigenvalue weighted by Gasteiger charge is -2.20. The Morgan fingerprint density at radius 3 is 2.57 bits per heavy atom. The molecule has 1 aliphatic rings. The number of nitrogens with one attached hydrogen (secondary N) is 1. The molecular formula is C11H9F3N2O4S. The first-order valence-electron chi connectivity index (χ1n) is 5.64. The third-order valence-corrected chi connectivity index (χ3v) is 3.89. The first-order chi connectivity index (χ1) is 9.71. The van der Waals surface area contributed by atoms with Gasteiger partial charge in [0.2, 0.25) is 0 Å². The van der Waals surface area contributed by atoms with Crippen LogP contribution in [0.25, 0.3) is 0 Å². The number of aromatic nitrogens is 1. The number of halogens is 3. The number of hydrogen-bond acceptors (Lipinski definition) is 4. The van der Waals surface area contributed by atoms with Crippen molar-refractivity contribution in [3.8, 4) is 0 Å². The summed E-state index contributed by atoms with van der Waals surface area (Å²) in [5.41, 5.74) is -2.98. The highest BCUT2D eigenvalue weighted by molar-refractivity contribution is 7.99. The Hall–Kier alpha value is -1.97. The molecule has 1 aromatic heterocycles. The standard InChI is InChI=1S/C11H9F3N2O4S/c12-11(13,14)7-2-1-5(8(17)15-7)9(18)16-4-21-3-6(16)10(19)20/h1-2,6H,3-4H2,(H,15,17)(H,19,20)/t6-/m0/s1. The smallest absolute Gasteiger partial charge is 0.431 e. The Bertz CT molecular complexity index is 643. The van der Waals surface area contributed by atoms with Crippen LogP contribution in [0, 0.1) is 0 Å². The molecule has 0 unspecified atom stereocenters. The van der Waals surface area contributed by atoms with Gasteiger partial charge in [-0.25, -0.2) is 4.79 Å². The molecule has 1 saturated heterocycles. The number of pyridine rings is 1. The third kappa shape index (κ3) is 3.04. The van der Waals surface area contributed by atoms with E-state index in [9.17, 15) is 27.6 Å². The Balaban J connectivity index is 2.32. The lowest BCUT2D eigenvalue weighted by molar-refractivity contribution is -0.141. The van der Waals surface area contributed by atoms with Crippen LogP contribution in [0.4, 0.5) is 13.2 Å². The van der Waals surface area contributed by atoms with Crippen LogP contribution in [0.3, 0.4) is 0 Å². The first kappa shape index (κ1) is 15.4. The molecule has 6 nitrogen and oxygen atoms in total. The molecule has 2 rings (SSSR count). The van der Waals surface area contributed by atoms with Crippen LogP contribution in [-0.2, 0) is 11.0 Å². The van der Waals surface area contributed by atoms with Gasteiger partial charge in [-0.1, -0.05) is 0 Å². The molecule has 2 heterocycles. The van der Waals surface area contributed by atoms with Gasteiger partial charge in [0.25, 0.3) is 11.5 Å². The molecule has 0 aromatic carbocycles. The average molecular weight is 322 g/mol. The monoisotopic (exact) mass is 322 g/mol. The zero-order chi connectivity index (χ0) is 15.8. The lowest BCUT2D eigenvalue weighted by atomic mass is 10.2. The van der Waals surface area contributed by atoms with Crippen LogP contribution in [-0.4, -0.2) is 44.5 Å². The van der Waals surface area contributed by atoms with E-state index in [1.54, 1.807) is 4.98 Å². The summed E-state index contributed by atoms with van der Waals surface area (Å²) >= 11 is 1.19. The Labute approximate surface area is 119 Å². The van der Waals surface area contributed by atoms with Crippen LogP contribution < -0.4 is 5.56 Å². The number of carboxylic acids is 1. The molecule has 1 amide bonds. The van der Waals surface area contributed by atoms with Crippen molar-refractivity contribution >= 4 is 23.6 Å². The number of amides is 1. The molecule has 1 aliphatic heterocycles. The minimum atomic E-state index is -4.73. The summed E-state index contributed by atoms with van der Waals surface area (Å²) < 4.78 is 37.3. The number of hydrogen-bond donors (Lipinski definition) is 2. The van der Waals surface area contributed by atoms with Crippen molar-refractivity contribution in [3.63, 3.8) is 0 Å². The number of H-pyrrole nitrogens is 1. The predicted octanol–water partition coefficient (Wildman–Crippen LogP) is 0.993. The minimum absolute atomic E-state index is 0.0657. The maximum Gasteiger partial charge on any atom is 0.431 e. The molecule has 1 aromatic rings. The number of aromatic amines is 1. The van der Waals surface area contributed by atoms with E-state index in [4.69, 9.17) is 5.11 Å². The number of aliphatic carboxylic acids is 1. The van der Waals surface area contributed by atoms with Gasteiger partial charge in [-0.05, 0) is 12.1 Å². The molecule has 21 heavy (non-hydrogen) atoms. The lowest BCUT2D eigenvalue weighted by Crippen LogP contribution is -2.43. The summed E-state index contributed by atoms with van der Waals surface area (Å²) in [5, 5.41) is 8.96. The minimum Gasteiger partial charge on any atom is -0.480 e. The predicted molar refractivity (Wildman–Crippen MR) is 67.0 cm³/mol. The zero-order valence-corrected chi connectivity index (χ0v) is 11.1. The Kier molecular flexibility index (Phi) is 3.99. The normalized spacial score (nSPS) is 18.8. The average Bonchev–Trinajstić information content (AvgIpc) is 2.86. The molecular weight excluding hydrogens is 313 g/mol. The van der Waals surface area contributed by atoms with Crippen LogP contribution in [0.2, 0.25) is 0 Å². The number of carbonyl (C=O) groups excluding carboxylic acids is 1. The highest BCUT2D eigenvalue weighted by atomic mass is 32.2. The van der Waals surface area contributed by atoms with Crippen LogP contribution in [0.5, 0.6) is 0 Å². The number of carbonyl (C=O) groups is 2. The molecule has 10 heteroatoms. The van der Waals surface area contributed by atoms with E-state index in [0.717, 1.165) is 11.0 Å². The molecule has 0 saturated carbocycles. The van der Waals surface area contributed by atoms with Gasteiger partial charge < -0.3 is 15.0 Å². The van der Waals surface area contributed by atoms with Gasteiger partial charge in [-0.3, -0.25) is 9.59 Å². The second-order valence-electron chi connectivity index (χ2n) is 4.24. The molecule has 1 atom stereocenters. The van der Waals surface area contributed by atoms with Crippen molar-refractivity contribution in [2.45, 2.75) is 12.2 Å². The summed E-state index contributed by atoms with van der Waals surface area (Å²) in [6.07, 6.45) is -4.73. The van der Waals surface area contributed by atoms with Gasteiger partial charge in [0.15, 0.2) is 0 Å². The molecule has 0 radical (unpaired) electrons. The van der Waals surface area contributed by atoms with Gasteiger partial charge >= 0.3 is 12.1 Å². The van der Waals surface area contributed by atoms with Crippen LogP contribution >= 0.6 is 11.8 Å². The number of alkyl halides is 3. The second-order valence-corrected chi connectivity index (χ2v) is 5.24. The van der Waals surface area contributed by atoms with Gasteiger partial charge in [0, 0.05) is 5.75 Å². The van der Waals surface area contributed by atoms with Crippen LogP contribution in [0.1, 0.15) is 16.1 Å². The van der Waals surface area contributed by atoms with Crippen LogP contribution in [0.15, 0.2) is 16.9 Å². The van der Waals surface area contributed by atoms with E-state index in [1.165, 1.54) is 11.8 Å². The van der Waals surface area contributed by atoms with Crippen molar-refractivity contribution in [2.75, 3.05) is 11.6 Å². The summed E-state index contributed by atoms with van der Waals surface area (Å²) in [5.74, 6) is -1.89. The second kappa shape index (κ2) is 5.43. The molecule has 2 N–H and O–H groups in total. The van der Waals surface area contributed by atoms with E-state index in [0.29, 0.717) is 6.07 Å². The Morgan fingerprint density at radius 1 is 1.38 bits per heavy atom. The fraction of sp³-hybridized carbons (Fsp3) is 0.364. The summed E-state index contributed by atoms with van der Waals surface area (Å²) in [6, 6.07) is 0.240. The number of thioether (sulfide) groups is 1. The van der Waals surface area contributed by atoms with E-state index < -0.39 is 40.9 Å². The Morgan fingerprint density at radius 2 is 2.05 bits per heavy atom. The van der Waals surface area contributed by atoms with Gasteiger partial charge in [-0.2, -0.15) is 13.2 Å². The summed E-state index contributed by atoms with van der Waals surface area (Å²) in [7, 11) is 0. The van der Waals surface area contributed by atoms with Gasteiger partial charge in [0.1, 0.15) is 17.3 Å². The maximum atomic E-state index is 12.4. The van der Waals surface area contributed by atoms with Gasteiger partial charge in [0.05, 0.1) is 5.88 Å². The third-order valence-electron chi connectivity index (χ3n) is 2.87. The van der Waals surface area contributed by atoms with E-state index >= 15 is 0 Å². The van der Waals surface area contributed by atoms with Crippen molar-refractivity contribution < 1.29 is 27.9 Å².